The van der Waals surface area contributed by atoms with Crippen LogP contribution in [0.15, 0.2) is 23.4 Å². The van der Waals surface area contributed by atoms with Gasteiger partial charge in [0.1, 0.15) is 0 Å². The summed E-state index contributed by atoms with van der Waals surface area (Å²) in [6.07, 6.45) is 4.15. The van der Waals surface area contributed by atoms with Gasteiger partial charge in [0, 0.05) is 11.7 Å². The first-order valence-electron chi connectivity index (χ1n) is 4.34. The molecule has 0 bridgehead atoms. The molecule has 0 aromatic rings. The Kier molecular flexibility index (Phi) is 4.67. The number of hydrogen-bond acceptors (Lipinski definition) is 2. The summed E-state index contributed by atoms with van der Waals surface area (Å²) in [6, 6.07) is 0.353. The van der Waals surface area contributed by atoms with E-state index < -0.39 is 0 Å². The van der Waals surface area contributed by atoms with Crippen LogP contribution in [0.2, 0.25) is 0 Å². The van der Waals surface area contributed by atoms with E-state index in [1.165, 1.54) is 5.57 Å². The van der Waals surface area contributed by atoms with Gasteiger partial charge in [-0.15, -0.1) is 0 Å². The van der Waals surface area contributed by atoms with E-state index in [0.29, 0.717) is 6.04 Å². The Morgan fingerprint density at radius 2 is 1.83 bits per heavy atom. The zero-order valence-corrected chi connectivity index (χ0v) is 8.76. The topological polar surface area (TPSA) is 29.3 Å². The molecule has 0 saturated carbocycles. The normalized spacial score (nSPS) is 13.9. The highest BCUT2D eigenvalue weighted by Gasteiger charge is 2.02. The Bertz CT molecular complexity index is 190. The van der Waals surface area contributed by atoms with Crippen molar-refractivity contribution in [3.8, 4) is 0 Å². The van der Waals surface area contributed by atoms with E-state index in [2.05, 4.69) is 32.9 Å². The molecule has 0 unspecified atom stereocenters. The van der Waals surface area contributed by atoms with E-state index in [9.17, 15) is 0 Å². The lowest BCUT2D eigenvalue weighted by atomic mass is 10.2. The smallest absolute Gasteiger partial charge is 0.0392 e. The van der Waals surface area contributed by atoms with Gasteiger partial charge in [0.2, 0.25) is 0 Å². The lowest BCUT2D eigenvalue weighted by Gasteiger charge is -2.23. The maximum Gasteiger partial charge on any atom is 0.0392 e. The fourth-order valence-electron chi connectivity index (χ4n) is 0.895. The maximum absolute atomic E-state index is 5.80. The van der Waals surface area contributed by atoms with Crippen molar-refractivity contribution in [2.24, 2.45) is 5.84 Å². The van der Waals surface area contributed by atoms with Gasteiger partial charge in [-0.2, -0.15) is 0 Å². The molecule has 0 heterocycles. The molecule has 12 heavy (non-hydrogen) atoms. The summed E-state index contributed by atoms with van der Waals surface area (Å²) < 4.78 is 0. The Labute approximate surface area is 75.7 Å². The summed E-state index contributed by atoms with van der Waals surface area (Å²) in [5.74, 6) is 5.80. The largest absolute Gasteiger partial charge is 0.313 e. The molecule has 2 heteroatoms. The van der Waals surface area contributed by atoms with Crippen LogP contribution in [0.25, 0.3) is 0 Å². The maximum atomic E-state index is 5.80. The SMILES string of the molecule is C/C=C(C)\C=C(\C)N(N)C(C)C. The van der Waals surface area contributed by atoms with Crippen LogP contribution in [0.3, 0.4) is 0 Å². The van der Waals surface area contributed by atoms with Crippen LogP contribution in [0, 0.1) is 0 Å². The standard InChI is InChI=1S/C10H20N2/c1-6-9(4)7-10(5)12(11)8(2)3/h6-8H,11H2,1-5H3/b9-6-,10-7-. The van der Waals surface area contributed by atoms with Crippen molar-refractivity contribution in [2.75, 3.05) is 0 Å². The number of nitrogens with zero attached hydrogens (tertiary/aromatic N) is 1. The molecule has 0 amide bonds. The lowest BCUT2D eigenvalue weighted by molar-refractivity contribution is 0.294. The highest BCUT2D eigenvalue weighted by molar-refractivity contribution is 5.19. The van der Waals surface area contributed by atoms with E-state index in [0.717, 1.165) is 5.70 Å². The van der Waals surface area contributed by atoms with Crippen LogP contribution in [0.4, 0.5) is 0 Å². The summed E-state index contributed by atoms with van der Waals surface area (Å²) >= 11 is 0. The van der Waals surface area contributed by atoms with Crippen LogP contribution in [0.5, 0.6) is 0 Å². The molecule has 70 valence electrons. The molecular weight excluding hydrogens is 148 g/mol. The first-order chi connectivity index (χ1) is 5.49. The molecule has 0 radical (unpaired) electrons. The molecular formula is C10H20N2. The van der Waals surface area contributed by atoms with Crippen LogP contribution < -0.4 is 5.84 Å². The number of rotatable bonds is 3. The molecule has 0 atom stereocenters. The third kappa shape index (κ3) is 3.58. The minimum atomic E-state index is 0.353. The lowest BCUT2D eigenvalue weighted by Crippen LogP contribution is -2.35. The Hall–Kier alpha value is -0.760. The van der Waals surface area contributed by atoms with Gasteiger partial charge in [-0.3, -0.25) is 0 Å². The molecule has 0 rings (SSSR count). The Morgan fingerprint density at radius 1 is 1.33 bits per heavy atom. The number of nitrogens with two attached hydrogens (primary N) is 1. The van der Waals surface area contributed by atoms with Crippen molar-refractivity contribution in [1.82, 2.24) is 5.01 Å². The predicted octanol–water partition coefficient (Wildman–Crippen LogP) is 2.44. The van der Waals surface area contributed by atoms with Crippen molar-refractivity contribution in [2.45, 2.75) is 40.7 Å². The third-order valence-corrected chi connectivity index (χ3v) is 1.86. The van der Waals surface area contributed by atoms with E-state index in [-0.39, 0.29) is 0 Å². The third-order valence-electron chi connectivity index (χ3n) is 1.86. The van der Waals surface area contributed by atoms with E-state index in [1.54, 1.807) is 5.01 Å². The fourth-order valence-corrected chi connectivity index (χ4v) is 0.895. The monoisotopic (exact) mass is 168 g/mol. The van der Waals surface area contributed by atoms with Crippen LogP contribution in [-0.2, 0) is 0 Å². The number of hydrogen-bond donors (Lipinski definition) is 1. The molecule has 0 aliphatic heterocycles. The van der Waals surface area contributed by atoms with E-state index >= 15 is 0 Å². The Balaban J connectivity index is 4.37. The second-order valence-corrected chi connectivity index (χ2v) is 3.32. The molecule has 0 aliphatic carbocycles. The van der Waals surface area contributed by atoms with Gasteiger partial charge >= 0.3 is 0 Å². The number of allylic oxidation sites excluding steroid dienone is 4. The Morgan fingerprint density at radius 3 is 2.17 bits per heavy atom. The van der Waals surface area contributed by atoms with Gasteiger partial charge in [0.05, 0.1) is 0 Å². The molecule has 0 fully saturated rings. The van der Waals surface area contributed by atoms with Gasteiger partial charge in [0.15, 0.2) is 0 Å². The van der Waals surface area contributed by atoms with Crippen molar-refractivity contribution in [3.05, 3.63) is 23.4 Å². The molecule has 0 aromatic heterocycles. The second kappa shape index (κ2) is 4.99. The zero-order chi connectivity index (χ0) is 9.72. The van der Waals surface area contributed by atoms with Gasteiger partial charge < -0.3 is 5.01 Å². The average molecular weight is 168 g/mol. The van der Waals surface area contributed by atoms with Crippen molar-refractivity contribution in [1.29, 1.82) is 0 Å². The second-order valence-electron chi connectivity index (χ2n) is 3.32. The highest BCUT2D eigenvalue weighted by Crippen LogP contribution is 2.06. The minimum Gasteiger partial charge on any atom is -0.313 e. The highest BCUT2D eigenvalue weighted by atomic mass is 15.4. The molecule has 2 N–H and O–H groups in total. The molecule has 0 saturated heterocycles. The summed E-state index contributed by atoms with van der Waals surface area (Å²) in [5.41, 5.74) is 2.34. The number of hydrazine groups is 1. The zero-order valence-electron chi connectivity index (χ0n) is 8.76. The van der Waals surface area contributed by atoms with Crippen molar-refractivity contribution < 1.29 is 0 Å². The first-order valence-corrected chi connectivity index (χ1v) is 4.34. The molecule has 0 aromatic carbocycles. The van der Waals surface area contributed by atoms with Crippen LogP contribution in [-0.4, -0.2) is 11.1 Å². The van der Waals surface area contributed by atoms with E-state index in [4.69, 9.17) is 5.84 Å². The van der Waals surface area contributed by atoms with Crippen molar-refractivity contribution >= 4 is 0 Å². The van der Waals surface area contributed by atoms with Gasteiger partial charge in [0.25, 0.3) is 0 Å². The summed E-state index contributed by atoms with van der Waals surface area (Å²) in [6.45, 7) is 10.3. The summed E-state index contributed by atoms with van der Waals surface area (Å²) in [5, 5.41) is 1.77. The van der Waals surface area contributed by atoms with Gasteiger partial charge in [-0.05, 0) is 40.7 Å². The summed E-state index contributed by atoms with van der Waals surface area (Å²) in [4.78, 5) is 0. The average Bonchev–Trinajstić information content (AvgIpc) is 2.02. The summed E-state index contributed by atoms with van der Waals surface area (Å²) in [7, 11) is 0. The van der Waals surface area contributed by atoms with Gasteiger partial charge in [-0.1, -0.05) is 11.6 Å². The van der Waals surface area contributed by atoms with Crippen LogP contribution in [0.1, 0.15) is 34.6 Å². The van der Waals surface area contributed by atoms with Gasteiger partial charge in [-0.25, -0.2) is 5.84 Å². The molecule has 2 nitrogen and oxygen atoms in total. The first kappa shape index (κ1) is 11.2. The molecule has 0 aliphatic rings. The van der Waals surface area contributed by atoms with Crippen molar-refractivity contribution in [3.63, 3.8) is 0 Å². The molecule has 0 spiro atoms. The quantitative estimate of drug-likeness (QED) is 0.398. The van der Waals surface area contributed by atoms with E-state index in [1.807, 2.05) is 13.8 Å². The van der Waals surface area contributed by atoms with Crippen LogP contribution >= 0.6 is 0 Å². The predicted molar refractivity (Wildman–Crippen MR) is 54.4 cm³/mol. The fraction of sp³-hybridized carbons (Fsp3) is 0.600. The minimum absolute atomic E-state index is 0.353.